The smallest absolute Gasteiger partial charge is 0.338 e. The average Bonchev–Trinajstić information content (AvgIpc) is 2.88. The van der Waals surface area contributed by atoms with E-state index in [1.54, 1.807) is 0 Å². The number of sulfonamides is 1. The van der Waals surface area contributed by atoms with Crippen LogP contribution in [-0.4, -0.2) is 21.0 Å². The van der Waals surface area contributed by atoms with E-state index in [1.165, 1.54) is 37.1 Å². The molecule has 0 atom stereocenters. The van der Waals surface area contributed by atoms with E-state index in [0.29, 0.717) is 12.5 Å². The van der Waals surface area contributed by atoms with Crippen LogP contribution in [0.2, 0.25) is 0 Å². The van der Waals surface area contributed by atoms with Crippen molar-refractivity contribution >= 4 is 16.0 Å². The standard InChI is InChI=1S/C13H17NO4S/c14-19(16,17)12-7-3-6-11(8-12)13(15)18-9-10-4-1-2-5-10/h3,6-8,10H,1-2,4-5,9H2,(H2,14,16,17). The molecule has 1 aromatic carbocycles. The highest BCUT2D eigenvalue weighted by molar-refractivity contribution is 7.89. The molecule has 2 rings (SSSR count). The van der Waals surface area contributed by atoms with E-state index >= 15 is 0 Å². The summed E-state index contributed by atoms with van der Waals surface area (Å²) >= 11 is 0. The lowest BCUT2D eigenvalue weighted by atomic mass is 10.1. The van der Waals surface area contributed by atoms with E-state index in [1.807, 2.05) is 0 Å². The van der Waals surface area contributed by atoms with E-state index in [0.717, 1.165) is 12.8 Å². The second-order valence-corrected chi connectivity index (χ2v) is 6.38. The Morgan fingerprint density at radius 2 is 2.00 bits per heavy atom. The van der Waals surface area contributed by atoms with Gasteiger partial charge in [0.25, 0.3) is 0 Å². The number of hydrogen-bond donors (Lipinski definition) is 1. The molecule has 1 aliphatic rings. The van der Waals surface area contributed by atoms with Gasteiger partial charge in [-0.25, -0.2) is 18.4 Å². The van der Waals surface area contributed by atoms with E-state index in [9.17, 15) is 13.2 Å². The molecule has 0 radical (unpaired) electrons. The molecular formula is C13H17NO4S. The topological polar surface area (TPSA) is 86.5 Å². The Balaban J connectivity index is 2.02. The summed E-state index contributed by atoms with van der Waals surface area (Å²) in [5.41, 5.74) is 0.213. The molecule has 5 nitrogen and oxygen atoms in total. The molecule has 0 heterocycles. The predicted octanol–water partition coefficient (Wildman–Crippen LogP) is 1.68. The Hall–Kier alpha value is -1.40. The van der Waals surface area contributed by atoms with Gasteiger partial charge in [0, 0.05) is 0 Å². The minimum atomic E-state index is -3.80. The molecule has 0 aromatic heterocycles. The maximum absolute atomic E-state index is 11.8. The van der Waals surface area contributed by atoms with Crippen LogP contribution in [0.25, 0.3) is 0 Å². The quantitative estimate of drug-likeness (QED) is 0.852. The van der Waals surface area contributed by atoms with Gasteiger partial charge in [0.2, 0.25) is 10.0 Å². The number of hydrogen-bond acceptors (Lipinski definition) is 4. The summed E-state index contributed by atoms with van der Waals surface area (Å²) in [6.07, 6.45) is 4.54. The second-order valence-electron chi connectivity index (χ2n) is 4.82. The number of esters is 1. The summed E-state index contributed by atoms with van der Waals surface area (Å²) in [4.78, 5) is 11.7. The van der Waals surface area contributed by atoms with Crippen LogP contribution >= 0.6 is 0 Å². The van der Waals surface area contributed by atoms with Crippen LogP contribution < -0.4 is 5.14 Å². The van der Waals surface area contributed by atoms with Crippen molar-refractivity contribution in [3.8, 4) is 0 Å². The lowest BCUT2D eigenvalue weighted by Gasteiger charge is -2.10. The first-order chi connectivity index (χ1) is 8.97. The fourth-order valence-corrected chi connectivity index (χ4v) is 2.81. The van der Waals surface area contributed by atoms with Crippen molar-refractivity contribution < 1.29 is 17.9 Å². The summed E-state index contributed by atoms with van der Waals surface area (Å²) in [6.45, 7) is 0.401. The number of carbonyl (C=O) groups excluding carboxylic acids is 1. The van der Waals surface area contributed by atoms with Crippen LogP contribution in [0, 0.1) is 5.92 Å². The van der Waals surface area contributed by atoms with E-state index in [2.05, 4.69) is 0 Å². The maximum Gasteiger partial charge on any atom is 0.338 e. The fourth-order valence-electron chi connectivity index (χ4n) is 2.25. The predicted molar refractivity (Wildman–Crippen MR) is 70.1 cm³/mol. The van der Waals surface area contributed by atoms with Gasteiger partial charge in [-0.1, -0.05) is 18.9 Å². The Labute approximate surface area is 112 Å². The molecule has 2 N–H and O–H groups in total. The van der Waals surface area contributed by atoms with Gasteiger partial charge in [0.1, 0.15) is 0 Å². The number of nitrogens with two attached hydrogens (primary N) is 1. The number of carbonyl (C=O) groups is 1. The molecule has 0 spiro atoms. The van der Waals surface area contributed by atoms with Crippen molar-refractivity contribution in [2.45, 2.75) is 30.6 Å². The van der Waals surface area contributed by atoms with Crippen LogP contribution in [0.15, 0.2) is 29.2 Å². The minimum Gasteiger partial charge on any atom is -0.462 e. The van der Waals surface area contributed by atoms with Crippen molar-refractivity contribution in [3.63, 3.8) is 0 Å². The highest BCUT2D eigenvalue weighted by atomic mass is 32.2. The van der Waals surface area contributed by atoms with Crippen LogP contribution in [0.1, 0.15) is 36.0 Å². The first-order valence-corrected chi connectivity index (χ1v) is 7.81. The molecule has 0 saturated heterocycles. The molecule has 1 saturated carbocycles. The van der Waals surface area contributed by atoms with E-state index < -0.39 is 16.0 Å². The Bertz CT molecular complexity index is 562. The van der Waals surface area contributed by atoms with Gasteiger partial charge in [-0.05, 0) is 37.0 Å². The van der Waals surface area contributed by atoms with Crippen LogP contribution in [-0.2, 0) is 14.8 Å². The highest BCUT2D eigenvalue weighted by Crippen LogP contribution is 2.25. The van der Waals surface area contributed by atoms with Gasteiger partial charge in [-0.3, -0.25) is 0 Å². The Morgan fingerprint density at radius 1 is 1.32 bits per heavy atom. The van der Waals surface area contributed by atoms with Crippen LogP contribution in [0.3, 0.4) is 0 Å². The van der Waals surface area contributed by atoms with Crippen molar-refractivity contribution in [2.24, 2.45) is 11.1 Å². The first-order valence-electron chi connectivity index (χ1n) is 6.27. The molecule has 104 valence electrons. The van der Waals surface area contributed by atoms with E-state index in [4.69, 9.17) is 9.88 Å². The summed E-state index contributed by atoms with van der Waals surface area (Å²) in [7, 11) is -3.80. The summed E-state index contributed by atoms with van der Waals surface area (Å²) in [5, 5.41) is 5.02. The number of ether oxygens (including phenoxy) is 1. The first kappa shape index (κ1) is 14.0. The third-order valence-corrected chi connectivity index (χ3v) is 4.23. The molecule has 1 aromatic rings. The van der Waals surface area contributed by atoms with Crippen molar-refractivity contribution in [2.75, 3.05) is 6.61 Å². The molecule has 0 amide bonds. The largest absolute Gasteiger partial charge is 0.462 e. The normalized spacial score (nSPS) is 16.5. The molecule has 0 aliphatic heterocycles. The molecule has 19 heavy (non-hydrogen) atoms. The molecule has 0 unspecified atom stereocenters. The average molecular weight is 283 g/mol. The third kappa shape index (κ3) is 3.78. The number of rotatable bonds is 4. The Morgan fingerprint density at radius 3 is 2.63 bits per heavy atom. The molecule has 6 heteroatoms. The number of primary sulfonamides is 1. The summed E-state index contributed by atoms with van der Waals surface area (Å²) in [5.74, 6) is -0.0669. The zero-order valence-corrected chi connectivity index (χ0v) is 11.4. The van der Waals surface area contributed by atoms with Crippen molar-refractivity contribution in [1.82, 2.24) is 0 Å². The van der Waals surface area contributed by atoms with E-state index in [-0.39, 0.29) is 10.5 Å². The van der Waals surface area contributed by atoms with Gasteiger partial charge >= 0.3 is 5.97 Å². The van der Waals surface area contributed by atoms with Gasteiger partial charge in [0.05, 0.1) is 17.1 Å². The van der Waals surface area contributed by atoms with Gasteiger partial charge in [-0.2, -0.15) is 0 Å². The molecular weight excluding hydrogens is 266 g/mol. The zero-order chi connectivity index (χ0) is 13.9. The lowest BCUT2D eigenvalue weighted by Crippen LogP contribution is -2.15. The second kappa shape index (κ2) is 5.71. The van der Waals surface area contributed by atoms with Gasteiger partial charge in [0.15, 0.2) is 0 Å². The fraction of sp³-hybridized carbons (Fsp3) is 0.462. The van der Waals surface area contributed by atoms with Gasteiger partial charge in [-0.15, -0.1) is 0 Å². The third-order valence-electron chi connectivity index (χ3n) is 3.32. The van der Waals surface area contributed by atoms with Crippen LogP contribution in [0.5, 0.6) is 0 Å². The zero-order valence-electron chi connectivity index (χ0n) is 10.5. The monoisotopic (exact) mass is 283 g/mol. The van der Waals surface area contributed by atoms with Crippen LogP contribution in [0.4, 0.5) is 0 Å². The highest BCUT2D eigenvalue weighted by Gasteiger charge is 2.18. The van der Waals surface area contributed by atoms with Crippen molar-refractivity contribution in [1.29, 1.82) is 0 Å². The molecule has 0 bridgehead atoms. The molecule has 1 aliphatic carbocycles. The Kier molecular flexibility index (Phi) is 4.21. The minimum absolute atomic E-state index is 0.0807. The lowest BCUT2D eigenvalue weighted by molar-refractivity contribution is 0.0442. The molecule has 1 fully saturated rings. The SMILES string of the molecule is NS(=O)(=O)c1cccc(C(=O)OCC2CCCC2)c1. The number of benzene rings is 1. The van der Waals surface area contributed by atoms with Gasteiger partial charge < -0.3 is 4.74 Å². The summed E-state index contributed by atoms with van der Waals surface area (Å²) in [6, 6.07) is 5.59. The maximum atomic E-state index is 11.8. The summed E-state index contributed by atoms with van der Waals surface area (Å²) < 4.78 is 27.6. The van der Waals surface area contributed by atoms with Crippen molar-refractivity contribution in [3.05, 3.63) is 29.8 Å².